The summed E-state index contributed by atoms with van der Waals surface area (Å²) in [4.78, 5) is 44.7. The highest BCUT2D eigenvalue weighted by molar-refractivity contribution is 6.30. The van der Waals surface area contributed by atoms with Gasteiger partial charge in [-0.2, -0.15) is 0 Å². The van der Waals surface area contributed by atoms with Crippen LogP contribution in [0, 0.1) is 11.8 Å². The number of amides is 3. The zero-order valence-corrected chi connectivity index (χ0v) is 20.1. The van der Waals surface area contributed by atoms with E-state index < -0.39 is 29.8 Å². The summed E-state index contributed by atoms with van der Waals surface area (Å²) in [5.74, 6) is -1.68. The lowest BCUT2D eigenvalue weighted by Gasteiger charge is -2.35. The first-order valence-corrected chi connectivity index (χ1v) is 12.3. The molecule has 0 saturated carbocycles. The van der Waals surface area contributed by atoms with Crippen molar-refractivity contribution in [2.45, 2.75) is 12.1 Å². The second-order valence-electron chi connectivity index (χ2n) is 9.38. The molecule has 2 saturated heterocycles. The molecule has 1 N–H and O–H groups in total. The average molecular weight is 514 g/mol. The fourth-order valence-corrected chi connectivity index (χ4v) is 6.01. The standard InChI is InChI=1S/C28H20ClN3O5/c29-16-5-7-17(8-6-16)30-26(33)25-23-22(24-19-4-2-1-3-15(19)11-12-31(24)25)27(34)32(28(23)35)18-9-10-20-21(13-18)37-14-36-20/h1-13,22-25H,14H2,(H,30,33)/t22-,23-,24+,25+/m0/s1. The molecule has 0 spiro atoms. The summed E-state index contributed by atoms with van der Waals surface area (Å²) in [6.45, 7) is 0.0824. The highest BCUT2D eigenvalue weighted by atomic mass is 35.5. The number of hydrogen-bond donors (Lipinski definition) is 1. The van der Waals surface area contributed by atoms with Crippen LogP contribution in [0.1, 0.15) is 17.2 Å². The van der Waals surface area contributed by atoms with Gasteiger partial charge < -0.3 is 19.7 Å². The van der Waals surface area contributed by atoms with Crippen molar-refractivity contribution in [3.05, 3.63) is 89.1 Å². The molecule has 0 aliphatic carbocycles. The van der Waals surface area contributed by atoms with E-state index in [4.69, 9.17) is 21.1 Å². The first-order valence-electron chi connectivity index (χ1n) is 11.9. The average Bonchev–Trinajstić information content (AvgIpc) is 3.58. The number of halogens is 1. The van der Waals surface area contributed by atoms with E-state index in [-0.39, 0.29) is 18.6 Å². The van der Waals surface area contributed by atoms with Crippen LogP contribution in [0.2, 0.25) is 5.02 Å². The van der Waals surface area contributed by atoms with Crippen LogP contribution >= 0.6 is 11.6 Å². The van der Waals surface area contributed by atoms with Gasteiger partial charge in [0.05, 0.1) is 23.6 Å². The van der Waals surface area contributed by atoms with E-state index in [2.05, 4.69) is 5.32 Å². The summed E-state index contributed by atoms with van der Waals surface area (Å²) < 4.78 is 10.8. The van der Waals surface area contributed by atoms with Crippen LogP contribution in [0.4, 0.5) is 11.4 Å². The number of carbonyl (C=O) groups excluding carboxylic acids is 3. The number of nitrogens with zero attached hydrogens (tertiary/aromatic N) is 2. The maximum atomic E-state index is 14.0. The molecular weight excluding hydrogens is 494 g/mol. The lowest BCUT2D eigenvalue weighted by atomic mass is 9.84. The number of imide groups is 1. The van der Waals surface area contributed by atoms with Gasteiger partial charge in [0.2, 0.25) is 24.5 Å². The topological polar surface area (TPSA) is 88.2 Å². The zero-order valence-electron chi connectivity index (χ0n) is 19.3. The monoisotopic (exact) mass is 513 g/mol. The van der Waals surface area contributed by atoms with Crippen molar-refractivity contribution in [2.75, 3.05) is 17.0 Å². The molecule has 7 rings (SSSR count). The van der Waals surface area contributed by atoms with Gasteiger partial charge in [0.25, 0.3) is 0 Å². The van der Waals surface area contributed by atoms with Crippen molar-refractivity contribution in [1.82, 2.24) is 4.90 Å². The van der Waals surface area contributed by atoms with E-state index >= 15 is 0 Å². The van der Waals surface area contributed by atoms with E-state index in [1.54, 1.807) is 42.5 Å². The van der Waals surface area contributed by atoms with Crippen molar-refractivity contribution in [3.63, 3.8) is 0 Å². The van der Waals surface area contributed by atoms with Crippen molar-refractivity contribution >= 4 is 46.8 Å². The van der Waals surface area contributed by atoms with E-state index in [1.165, 1.54) is 4.90 Å². The van der Waals surface area contributed by atoms with Crippen LogP contribution in [-0.4, -0.2) is 35.5 Å². The van der Waals surface area contributed by atoms with Gasteiger partial charge in [-0.15, -0.1) is 0 Å². The predicted molar refractivity (Wildman–Crippen MR) is 136 cm³/mol. The Hall–Kier alpha value is -4.30. The maximum Gasteiger partial charge on any atom is 0.247 e. The molecule has 37 heavy (non-hydrogen) atoms. The van der Waals surface area contributed by atoms with E-state index in [0.29, 0.717) is 27.9 Å². The maximum absolute atomic E-state index is 14.0. The minimum atomic E-state index is -0.884. The van der Waals surface area contributed by atoms with Gasteiger partial charge in [0, 0.05) is 23.0 Å². The van der Waals surface area contributed by atoms with Crippen LogP contribution in [0.5, 0.6) is 11.5 Å². The third-order valence-electron chi connectivity index (χ3n) is 7.46. The first-order chi connectivity index (χ1) is 18.0. The summed E-state index contributed by atoms with van der Waals surface area (Å²) in [7, 11) is 0. The van der Waals surface area contributed by atoms with Gasteiger partial charge in [-0.1, -0.05) is 35.9 Å². The van der Waals surface area contributed by atoms with Crippen molar-refractivity contribution < 1.29 is 23.9 Å². The smallest absolute Gasteiger partial charge is 0.247 e. The molecule has 4 aliphatic heterocycles. The van der Waals surface area contributed by atoms with E-state index in [0.717, 1.165) is 11.1 Å². The molecule has 4 atom stereocenters. The second-order valence-corrected chi connectivity index (χ2v) is 9.82. The van der Waals surface area contributed by atoms with Crippen LogP contribution in [0.15, 0.2) is 72.9 Å². The fourth-order valence-electron chi connectivity index (χ4n) is 5.89. The van der Waals surface area contributed by atoms with Crippen LogP contribution in [0.25, 0.3) is 6.08 Å². The molecule has 0 unspecified atom stereocenters. The molecule has 3 amide bonds. The number of fused-ring (bicyclic) bond motifs is 6. The summed E-state index contributed by atoms with van der Waals surface area (Å²) in [6, 6.07) is 18.2. The Labute approximate surface area is 217 Å². The molecule has 4 heterocycles. The molecule has 184 valence electrons. The zero-order chi connectivity index (χ0) is 25.3. The van der Waals surface area contributed by atoms with Gasteiger partial charge in [0.15, 0.2) is 11.5 Å². The summed E-state index contributed by atoms with van der Waals surface area (Å²) in [5, 5.41) is 3.46. The van der Waals surface area contributed by atoms with Gasteiger partial charge in [0.1, 0.15) is 6.04 Å². The molecule has 0 bridgehead atoms. The largest absolute Gasteiger partial charge is 0.454 e. The van der Waals surface area contributed by atoms with Crippen molar-refractivity contribution in [2.24, 2.45) is 11.8 Å². The van der Waals surface area contributed by atoms with Crippen LogP contribution in [0.3, 0.4) is 0 Å². The predicted octanol–water partition coefficient (Wildman–Crippen LogP) is 4.22. The SMILES string of the molecule is O=C(Nc1ccc(Cl)cc1)[C@H]1[C@H]2C(=O)N(c3ccc4c(c3)OCO4)C(=O)[C@@H]2[C@H]2c3ccccc3C=CN21. The molecule has 3 aromatic carbocycles. The molecule has 0 radical (unpaired) electrons. The highest BCUT2D eigenvalue weighted by Gasteiger charge is 2.64. The van der Waals surface area contributed by atoms with Crippen LogP contribution in [-0.2, 0) is 14.4 Å². The van der Waals surface area contributed by atoms with Gasteiger partial charge >= 0.3 is 0 Å². The minimum Gasteiger partial charge on any atom is -0.454 e. The second kappa shape index (κ2) is 8.11. The lowest BCUT2D eigenvalue weighted by Crippen LogP contribution is -2.46. The summed E-state index contributed by atoms with van der Waals surface area (Å²) in [5.41, 5.74) is 2.83. The summed E-state index contributed by atoms with van der Waals surface area (Å²) in [6.07, 6.45) is 3.74. The Morgan fingerprint density at radius 3 is 2.51 bits per heavy atom. The van der Waals surface area contributed by atoms with Crippen LogP contribution < -0.4 is 19.7 Å². The Morgan fingerprint density at radius 2 is 1.68 bits per heavy atom. The molecule has 4 aliphatic rings. The molecular formula is C28H20ClN3O5. The van der Waals surface area contributed by atoms with E-state index in [1.807, 2.05) is 41.4 Å². The highest BCUT2D eigenvalue weighted by Crippen LogP contribution is 2.53. The Kier molecular flexibility index (Phi) is 4.81. The van der Waals surface area contributed by atoms with Crippen molar-refractivity contribution in [1.29, 1.82) is 0 Å². The number of anilines is 2. The number of nitrogens with one attached hydrogen (secondary N) is 1. The minimum absolute atomic E-state index is 0.0824. The van der Waals surface area contributed by atoms with Gasteiger partial charge in [-0.05, 0) is 53.6 Å². The number of benzene rings is 3. The lowest BCUT2D eigenvalue weighted by molar-refractivity contribution is -0.128. The Balaban J connectivity index is 1.31. The molecule has 8 nitrogen and oxygen atoms in total. The number of carbonyl (C=O) groups is 3. The Bertz CT molecular complexity index is 1500. The fraction of sp³-hybridized carbons (Fsp3) is 0.179. The van der Waals surface area contributed by atoms with Gasteiger partial charge in [-0.25, -0.2) is 4.90 Å². The third kappa shape index (κ3) is 3.25. The summed E-state index contributed by atoms with van der Waals surface area (Å²) >= 11 is 6.00. The Morgan fingerprint density at radius 1 is 0.919 bits per heavy atom. The quantitative estimate of drug-likeness (QED) is 0.528. The molecule has 3 aromatic rings. The third-order valence-corrected chi connectivity index (χ3v) is 7.71. The number of hydrogen-bond acceptors (Lipinski definition) is 6. The van der Waals surface area contributed by atoms with E-state index in [9.17, 15) is 14.4 Å². The van der Waals surface area contributed by atoms with Crippen molar-refractivity contribution in [3.8, 4) is 11.5 Å². The normalized spacial score (nSPS) is 24.7. The first kappa shape index (κ1) is 21.9. The molecule has 2 fully saturated rings. The molecule has 0 aromatic heterocycles. The number of ether oxygens (including phenoxy) is 2. The number of rotatable bonds is 3. The van der Waals surface area contributed by atoms with Gasteiger partial charge in [-0.3, -0.25) is 14.4 Å². The molecule has 9 heteroatoms.